The van der Waals surface area contributed by atoms with Gasteiger partial charge in [-0.3, -0.25) is 4.21 Å². The topological polar surface area (TPSA) is 99.6 Å². The average Bonchev–Trinajstić information content (AvgIpc) is 2.80. The van der Waals surface area contributed by atoms with E-state index in [2.05, 4.69) is 25.0 Å². The van der Waals surface area contributed by atoms with Crippen LogP contribution in [0, 0.1) is 0 Å². The lowest BCUT2D eigenvalue weighted by Gasteiger charge is -2.31. The zero-order valence-corrected chi connectivity index (χ0v) is 18.3. The predicted octanol–water partition coefficient (Wildman–Crippen LogP) is -0.112. The molecule has 12 heteroatoms. The Kier molecular flexibility index (Phi) is 5.85. The predicted molar refractivity (Wildman–Crippen MR) is 118 cm³/mol. The number of ether oxygens (including phenoxy) is 1. The van der Waals surface area contributed by atoms with Crippen LogP contribution in [-0.2, 0) is 15.5 Å². The Balaban J connectivity index is 1.60. The molecule has 0 radical (unpaired) electrons. The van der Waals surface area contributed by atoms with Crippen molar-refractivity contribution in [2.75, 3.05) is 91.8 Å². The van der Waals surface area contributed by atoms with Crippen LogP contribution in [0.25, 0.3) is 11.2 Å². The lowest BCUT2D eigenvalue weighted by Crippen LogP contribution is -2.44. The second-order valence-electron chi connectivity index (χ2n) is 7.53. The summed E-state index contributed by atoms with van der Waals surface area (Å²) in [7, 11) is -0.774. The molecule has 162 valence electrons. The van der Waals surface area contributed by atoms with Gasteiger partial charge in [0.25, 0.3) is 0 Å². The largest absolute Gasteiger partial charge is 0.378 e. The lowest BCUT2D eigenvalue weighted by molar-refractivity contribution is 0.122. The molecule has 5 heterocycles. The van der Waals surface area contributed by atoms with Crippen molar-refractivity contribution in [1.29, 1.82) is 0 Å². The second kappa shape index (κ2) is 8.74. The molecule has 0 aromatic carbocycles. The first-order chi connectivity index (χ1) is 14.7. The van der Waals surface area contributed by atoms with Gasteiger partial charge in [-0.25, -0.2) is 9.97 Å². The van der Waals surface area contributed by atoms with Crippen molar-refractivity contribution in [2.24, 2.45) is 0 Å². The highest BCUT2D eigenvalue weighted by Crippen LogP contribution is 2.31. The standard InChI is InChI=1S/C18H25ClN8O2S/c19-14-17(25-5-9-29-10-6-25)22-15-13(21-14)16(26-7-11-30(28)12-8-26)24-18(23-15)27-3-1-20-2-4-27/h20H,1-12H2. The summed E-state index contributed by atoms with van der Waals surface area (Å²) in [4.78, 5) is 25.6. The van der Waals surface area contributed by atoms with Crippen molar-refractivity contribution in [3.05, 3.63) is 5.15 Å². The first kappa shape index (κ1) is 20.1. The van der Waals surface area contributed by atoms with E-state index in [4.69, 9.17) is 31.3 Å². The van der Waals surface area contributed by atoms with E-state index in [9.17, 15) is 4.21 Å². The van der Waals surface area contributed by atoms with E-state index in [1.807, 2.05) is 0 Å². The molecular formula is C18H25ClN8O2S. The number of morpholine rings is 1. The van der Waals surface area contributed by atoms with E-state index in [1.165, 1.54) is 0 Å². The summed E-state index contributed by atoms with van der Waals surface area (Å²) in [6.07, 6.45) is 0. The molecule has 3 fully saturated rings. The normalized spacial score (nSPS) is 21.4. The van der Waals surface area contributed by atoms with Crippen molar-refractivity contribution >= 4 is 51.1 Å². The number of aromatic nitrogens is 4. The minimum absolute atomic E-state index is 0.352. The van der Waals surface area contributed by atoms with Crippen LogP contribution in [0.5, 0.6) is 0 Å². The van der Waals surface area contributed by atoms with Crippen LogP contribution in [0.15, 0.2) is 0 Å². The molecule has 0 aliphatic carbocycles. The van der Waals surface area contributed by atoms with Crippen molar-refractivity contribution in [3.8, 4) is 0 Å². The lowest BCUT2D eigenvalue weighted by atomic mass is 10.3. The second-order valence-corrected chi connectivity index (χ2v) is 9.58. The Labute approximate surface area is 182 Å². The third kappa shape index (κ3) is 4.03. The average molecular weight is 453 g/mol. The highest BCUT2D eigenvalue weighted by molar-refractivity contribution is 7.85. The molecule has 3 aliphatic rings. The van der Waals surface area contributed by atoms with Crippen LogP contribution in [-0.4, -0.2) is 101 Å². The molecule has 0 atom stereocenters. The van der Waals surface area contributed by atoms with Crippen LogP contribution >= 0.6 is 11.6 Å². The highest BCUT2D eigenvalue weighted by atomic mass is 35.5. The molecule has 0 saturated carbocycles. The van der Waals surface area contributed by atoms with Crippen LogP contribution in [0.1, 0.15) is 0 Å². The fourth-order valence-electron chi connectivity index (χ4n) is 3.95. The third-order valence-corrected chi connectivity index (χ3v) is 7.16. The van der Waals surface area contributed by atoms with Gasteiger partial charge in [0, 0.05) is 74.7 Å². The molecule has 0 amide bonds. The quantitative estimate of drug-likeness (QED) is 0.678. The van der Waals surface area contributed by atoms with Gasteiger partial charge in [0.2, 0.25) is 5.95 Å². The summed E-state index contributed by atoms with van der Waals surface area (Å²) in [5.41, 5.74) is 1.15. The summed E-state index contributed by atoms with van der Waals surface area (Å²) in [5.74, 6) is 3.29. The van der Waals surface area contributed by atoms with E-state index >= 15 is 0 Å². The van der Waals surface area contributed by atoms with Crippen molar-refractivity contribution in [2.45, 2.75) is 0 Å². The minimum atomic E-state index is -0.774. The Morgan fingerprint density at radius 3 is 2.27 bits per heavy atom. The highest BCUT2D eigenvalue weighted by Gasteiger charge is 2.26. The Bertz CT molecular complexity index is 941. The zero-order chi connectivity index (χ0) is 20.5. The van der Waals surface area contributed by atoms with Crippen molar-refractivity contribution < 1.29 is 8.95 Å². The van der Waals surface area contributed by atoms with E-state index in [0.717, 1.165) is 45.1 Å². The number of piperazine rings is 1. The summed E-state index contributed by atoms with van der Waals surface area (Å²) < 4.78 is 17.3. The van der Waals surface area contributed by atoms with Gasteiger partial charge in [-0.1, -0.05) is 11.6 Å². The number of hydrogen-bond acceptors (Lipinski definition) is 10. The minimum Gasteiger partial charge on any atom is -0.378 e. The monoisotopic (exact) mass is 452 g/mol. The fraction of sp³-hybridized carbons (Fsp3) is 0.667. The van der Waals surface area contributed by atoms with Crippen LogP contribution in [0.2, 0.25) is 5.15 Å². The smallest absolute Gasteiger partial charge is 0.229 e. The molecule has 2 aromatic heterocycles. The van der Waals surface area contributed by atoms with Gasteiger partial charge >= 0.3 is 0 Å². The molecule has 5 rings (SSSR count). The number of halogens is 1. The van der Waals surface area contributed by atoms with Gasteiger partial charge < -0.3 is 24.8 Å². The van der Waals surface area contributed by atoms with Gasteiger partial charge in [0.1, 0.15) is 0 Å². The first-order valence-corrected chi connectivity index (χ1v) is 12.2. The number of hydrogen-bond donors (Lipinski definition) is 1. The van der Waals surface area contributed by atoms with Crippen LogP contribution < -0.4 is 20.0 Å². The van der Waals surface area contributed by atoms with Crippen molar-refractivity contribution in [3.63, 3.8) is 0 Å². The molecule has 0 spiro atoms. The van der Waals surface area contributed by atoms with Gasteiger partial charge in [0.05, 0.1) is 13.2 Å². The Morgan fingerprint density at radius 2 is 1.53 bits per heavy atom. The molecule has 1 N–H and O–H groups in total. The molecule has 0 bridgehead atoms. The number of fused-ring (bicyclic) bond motifs is 1. The molecule has 30 heavy (non-hydrogen) atoms. The molecular weight excluding hydrogens is 428 g/mol. The number of nitrogens with one attached hydrogen (secondary N) is 1. The molecule has 2 aromatic rings. The zero-order valence-electron chi connectivity index (χ0n) is 16.7. The summed E-state index contributed by atoms with van der Waals surface area (Å²) in [6.45, 7) is 7.54. The SMILES string of the molecule is O=S1CCN(c2nc(N3CCNCC3)nc3nc(N4CCOCC4)c(Cl)nc23)CC1. The van der Waals surface area contributed by atoms with Gasteiger partial charge in [-0.2, -0.15) is 9.97 Å². The third-order valence-electron chi connectivity index (χ3n) is 5.63. The van der Waals surface area contributed by atoms with Gasteiger partial charge in [0.15, 0.2) is 28.0 Å². The fourth-order valence-corrected chi connectivity index (χ4v) is 5.24. The summed E-state index contributed by atoms with van der Waals surface area (Å²) in [6, 6.07) is 0. The molecule has 0 unspecified atom stereocenters. The van der Waals surface area contributed by atoms with E-state index < -0.39 is 10.8 Å². The van der Waals surface area contributed by atoms with E-state index in [-0.39, 0.29) is 0 Å². The number of anilines is 3. The molecule has 3 saturated heterocycles. The molecule has 3 aliphatic heterocycles. The number of rotatable bonds is 3. The number of nitrogens with zero attached hydrogens (tertiary/aromatic N) is 7. The van der Waals surface area contributed by atoms with E-state index in [0.29, 0.717) is 65.9 Å². The van der Waals surface area contributed by atoms with Gasteiger partial charge in [-0.15, -0.1) is 0 Å². The Hall–Kier alpha value is -1.82. The Morgan fingerprint density at radius 1 is 0.833 bits per heavy atom. The summed E-state index contributed by atoms with van der Waals surface area (Å²) in [5, 5.41) is 3.71. The van der Waals surface area contributed by atoms with E-state index in [1.54, 1.807) is 0 Å². The van der Waals surface area contributed by atoms with Crippen LogP contribution in [0.4, 0.5) is 17.6 Å². The summed E-state index contributed by atoms with van der Waals surface area (Å²) >= 11 is 6.56. The maximum absolute atomic E-state index is 11.9. The first-order valence-electron chi connectivity index (χ1n) is 10.3. The maximum atomic E-state index is 11.9. The van der Waals surface area contributed by atoms with Crippen molar-refractivity contribution in [1.82, 2.24) is 25.3 Å². The maximum Gasteiger partial charge on any atom is 0.229 e. The molecule has 10 nitrogen and oxygen atoms in total. The van der Waals surface area contributed by atoms with Gasteiger partial charge in [-0.05, 0) is 0 Å². The van der Waals surface area contributed by atoms with Crippen LogP contribution in [0.3, 0.4) is 0 Å².